The van der Waals surface area contributed by atoms with E-state index in [9.17, 15) is 4.79 Å². The Labute approximate surface area is 152 Å². The molecule has 0 atom stereocenters. The third-order valence-corrected chi connectivity index (χ3v) is 2.21. The van der Waals surface area contributed by atoms with Gasteiger partial charge < -0.3 is 21.6 Å². The number of Topliss-reactive ketones (excluding diaryl/α,β-unsaturated/α-hetero) is 1. The van der Waals surface area contributed by atoms with Crippen LogP contribution in [-0.2, 0) is 42.2 Å². The minimum Gasteiger partial charge on any atom is -0.393 e. The molecule has 1 N–H and O–H groups in total. The third kappa shape index (κ3) is 27.0. The van der Waals surface area contributed by atoms with Crippen LogP contribution in [0.4, 0.5) is 0 Å². The standard InChI is InChI=1S/C9H20O2.C5H9O.C2H6.Y/c1-8(2)5-6-11-9(3,4)7-10;1-4(2)5(3)6;1-2;/h8,10H,5-7H2,1-4H3;4H,3H2,1-2H3;1-2H3;/q;-1;;. The van der Waals surface area contributed by atoms with Gasteiger partial charge in [0.2, 0.25) is 0 Å². The summed E-state index contributed by atoms with van der Waals surface area (Å²) in [4.78, 5) is 10.0. The van der Waals surface area contributed by atoms with Crippen LogP contribution < -0.4 is 0 Å². The van der Waals surface area contributed by atoms with Crippen LogP contribution in [0.1, 0.15) is 61.8 Å². The van der Waals surface area contributed by atoms with Crippen molar-refractivity contribution < 1.29 is 47.3 Å². The Morgan fingerprint density at radius 2 is 1.55 bits per heavy atom. The van der Waals surface area contributed by atoms with E-state index in [1.165, 1.54) is 0 Å². The second kappa shape index (κ2) is 17.6. The van der Waals surface area contributed by atoms with E-state index in [-0.39, 0.29) is 56.6 Å². The summed E-state index contributed by atoms with van der Waals surface area (Å²) in [6.07, 6.45) is 1.06. The number of hydrogen-bond donors (Lipinski definition) is 1. The predicted molar refractivity (Wildman–Crippen MR) is 83.1 cm³/mol. The molecular weight excluding hydrogens is 329 g/mol. The van der Waals surface area contributed by atoms with Crippen LogP contribution in [-0.4, -0.2) is 29.7 Å². The quantitative estimate of drug-likeness (QED) is 0.728. The number of ketones is 1. The monoisotopic (exact) mass is 364 g/mol. The summed E-state index contributed by atoms with van der Waals surface area (Å²) in [6.45, 7) is 19.8. The van der Waals surface area contributed by atoms with Crippen LogP contribution in [0.3, 0.4) is 0 Å². The van der Waals surface area contributed by atoms with Crippen molar-refractivity contribution in [3.05, 3.63) is 6.92 Å². The molecule has 0 aliphatic heterocycles. The summed E-state index contributed by atoms with van der Waals surface area (Å²) in [7, 11) is 0. The van der Waals surface area contributed by atoms with Crippen LogP contribution in [0.5, 0.6) is 0 Å². The molecule has 0 amide bonds. The van der Waals surface area contributed by atoms with Crippen molar-refractivity contribution >= 4 is 5.78 Å². The van der Waals surface area contributed by atoms with Crippen LogP contribution in [0.2, 0.25) is 0 Å². The van der Waals surface area contributed by atoms with Crippen molar-refractivity contribution in [2.45, 2.75) is 67.4 Å². The molecule has 0 spiro atoms. The molecule has 0 bridgehead atoms. The van der Waals surface area contributed by atoms with E-state index < -0.39 is 0 Å². The number of aliphatic hydroxyl groups excluding tert-OH is 1. The fraction of sp³-hybridized carbons (Fsp3) is 0.875. The molecule has 0 rings (SSSR count). The Hall–Kier alpha value is 0.564. The average molecular weight is 364 g/mol. The maximum Gasteiger partial charge on any atom is 0.0856 e. The first-order chi connectivity index (χ1) is 8.62. The average Bonchev–Trinajstić information content (AvgIpc) is 2.31. The smallest absolute Gasteiger partial charge is 0.0856 e. The maximum absolute atomic E-state index is 10.0. The summed E-state index contributed by atoms with van der Waals surface area (Å²) in [5.41, 5.74) is -0.366. The molecule has 0 aromatic rings. The van der Waals surface area contributed by atoms with Gasteiger partial charge in [0.05, 0.1) is 12.2 Å². The summed E-state index contributed by atoms with van der Waals surface area (Å²) in [5.74, 6) is 0.782. The van der Waals surface area contributed by atoms with E-state index >= 15 is 0 Å². The molecule has 4 heteroatoms. The largest absolute Gasteiger partial charge is 0.393 e. The molecule has 0 aromatic heterocycles. The fourth-order valence-electron chi connectivity index (χ4n) is 0.617. The van der Waals surface area contributed by atoms with Crippen LogP contribution >= 0.6 is 0 Å². The number of hydrogen-bond acceptors (Lipinski definition) is 3. The second-order valence-electron chi connectivity index (χ2n) is 5.57. The van der Waals surface area contributed by atoms with E-state index in [0.717, 1.165) is 13.0 Å². The van der Waals surface area contributed by atoms with Gasteiger partial charge in [-0.25, -0.2) is 0 Å². The van der Waals surface area contributed by atoms with Gasteiger partial charge in [0.25, 0.3) is 0 Å². The maximum atomic E-state index is 10.0. The van der Waals surface area contributed by atoms with Crippen LogP contribution in [0.25, 0.3) is 0 Å². The van der Waals surface area contributed by atoms with E-state index in [2.05, 4.69) is 20.8 Å². The molecule has 121 valence electrons. The first-order valence-electron chi connectivity index (χ1n) is 7.23. The van der Waals surface area contributed by atoms with Crippen molar-refractivity contribution in [2.24, 2.45) is 11.8 Å². The molecule has 0 heterocycles. The van der Waals surface area contributed by atoms with Gasteiger partial charge in [0.1, 0.15) is 0 Å². The molecule has 0 saturated carbocycles. The second-order valence-corrected chi connectivity index (χ2v) is 5.57. The van der Waals surface area contributed by atoms with E-state index in [0.29, 0.717) is 5.92 Å². The Balaban J connectivity index is -0.000000122. The molecular formula is C16H35O3Y-. The summed E-state index contributed by atoms with van der Waals surface area (Å²) >= 11 is 0. The molecule has 0 fully saturated rings. The summed E-state index contributed by atoms with van der Waals surface area (Å²) in [5, 5.41) is 8.83. The summed E-state index contributed by atoms with van der Waals surface area (Å²) in [6, 6.07) is 0. The third-order valence-electron chi connectivity index (χ3n) is 2.21. The zero-order valence-corrected chi connectivity index (χ0v) is 17.7. The van der Waals surface area contributed by atoms with Gasteiger partial charge in [0.15, 0.2) is 0 Å². The number of carbonyl (C=O) groups is 1. The topological polar surface area (TPSA) is 46.5 Å². The Bertz CT molecular complexity index is 202. The van der Waals surface area contributed by atoms with Crippen molar-refractivity contribution in [3.8, 4) is 0 Å². The number of aliphatic hydroxyl groups is 1. The van der Waals surface area contributed by atoms with Gasteiger partial charge in [-0.3, -0.25) is 0 Å². The van der Waals surface area contributed by atoms with Crippen molar-refractivity contribution in [1.29, 1.82) is 0 Å². The molecule has 0 aliphatic carbocycles. The van der Waals surface area contributed by atoms with Gasteiger partial charge >= 0.3 is 0 Å². The minimum absolute atomic E-state index is 0. The predicted octanol–water partition coefficient (Wildman–Crippen LogP) is 3.89. The van der Waals surface area contributed by atoms with Crippen molar-refractivity contribution in [2.75, 3.05) is 13.2 Å². The van der Waals surface area contributed by atoms with Gasteiger partial charge in [0, 0.05) is 39.3 Å². The van der Waals surface area contributed by atoms with E-state index in [1.807, 2.05) is 41.5 Å². The van der Waals surface area contributed by atoms with Gasteiger partial charge in [-0.2, -0.15) is 0 Å². The molecule has 1 radical (unpaired) electrons. The minimum atomic E-state index is -0.366. The normalized spacial score (nSPS) is 9.95. The number of carbonyl (C=O) groups excluding carboxylic acids is 1. The number of ether oxygens (including phenoxy) is 1. The van der Waals surface area contributed by atoms with Gasteiger partial charge in [-0.1, -0.05) is 41.5 Å². The zero-order chi connectivity index (χ0) is 16.1. The molecule has 0 aromatic carbocycles. The van der Waals surface area contributed by atoms with Gasteiger partial charge in [-0.15, -0.1) is 0 Å². The molecule has 0 unspecified atom stereocenters. The SMILES string of the molecule is CC.CC(C)CCOC(C)(C)CO.[CH2-]C(=O)C(C)C.[Y]. The molecule has 20 heavy (non-hydrogen) atoms. The van der Waals surface area contributed by atoms with Gasteiger partial charge in [-0.05, 0) is 37.9 Å². The Kier molecular flexibility index (Phi) is 25.3. The van der Waals surface area contributed by atoms with E-state index in [4.69, 9.17) is 9.84 Å². The van der Waals surface area contributed by atoms with Crippen molar-refractivity contribution in [3.63, 3.8) is 0 Å². The Morgan fingerprint density at radius 1 is 1.20 bits per heavy atom. The fourth-order valence-corrected chi connectivity index (χ4v) is 0.617. The van der Waals surface area contributed by atoms with Crippen LogP contribution in [0, 0.1) is 18.8 Å². The molecule has 3 nitrogen and oxygen atoms in total. The first-order valence-corrected chi connectivity index (χ1v) is 7.23. The first kappa shape index (κ1) is 28.7. The summed E-state index contributed by atoms with van der Waals surface area (Å²) < 4.78 is 5.44. The Morgan fingerprint density at radius 3 is 1.75 bits per heavy atom. The number of rotatable bonds is 6. The molecule has 0 aliphatic rings. The zero-order valence-electron chi connectivity index (χ0n) is 14.8. The van der Waals surface area contributed by atoms with E-state index in [1.54, 1.807) is 0 Å². The molecule has 0 saturated heterocycles. The van der Waals surface area contributed by atoms with Crippen molar-refractivity contribution in [1.82, 2.24) is 0 Å². The van der Waals surface area contributed by atoms with Crippen LogP contribution in [0.15, 0.2) is 0 Å².